The van der Waals surface area contributed by atoms with Crippen LogP contribution in [-0.2, 0) is 0 Å². The smallest absolute Gasteiger partial charge is 0.253 e. The van der Waals surface area contributed by atoms with Crippen molar-refractivity contribution >= 4 is 29.3 Å². The highest BCUT2D eigenvalue weighted by Gasteiger charge is 2.05. The Morgan fingerprint density at radius 1 is 1.06 bits per heavy atom. The number of H-pyrrole nitrogens is 1. The number of hydrogen-bond donors (Lipinski definition) is 4. The highest BCUT2D eigenvalue weighted by molar-refractivity contribution is 7.99. The van der Waals surface area contributed by atoms with Crippen LogP contribution >= 0.6 is 11.8 Å². The van der Waals surface area contributed by atoms with Gasteiger partial charge in [-0.1, -0.05) is 0 Å². The van der Waals surface area contributed by atoms with E-state index < -0.39 is 0 Å². The van der Waals surface area contributed by atoms with E-state index in [1.807, 2.05) is 0 Å². The van der Waals surface area contributed by atoms with Gasteiger partial charge >= 0.3 is 0 Å². The molecule has 0 aliphatic carbocycles. The fourth-order valence-corrected chi connectivity index (χ4v) is 1.93. The molecule has 2 heterocycles. The van der Waals surface area contributed by atoms with Crippen LogP contribution in [0.4, 0.5) is 17.6 Å². The molecule has 17 heavy (non-hydrogen) atoms. The highest BCUT2D eigenvalue weighted by atomic mass is 32.2. The van der Waals surface area contributed by atoms with E-state index in [4.69, 9.17) is 17.2 Å². The summed E-state index contributed by atoms with van der Waals surface area (Å²) >= 11 is 1.09. The number of hydrogen-bond acceptors (Lipinski definition) is 8. The van der Waals surface area contributed by atoms with E-state index in [9.17, 15) is 4.79 Å². The van der Waals surface area contributed by atoms with Crippen molar-refractivity contribution < 1.29 is 0 Å². The second-order valence-corrected chi connectivity index (χ2v) is 4.08. The molecule has 7 N–H and O–H groups in total. The zero-order valence-corrected chi connectivity index (χ0v) is 9.36. The number of nitrogens with one attached hydrogen (secondary N) is 1. The summed E-state index contributed by atoms with van der Waals surface area (Å²) in [4.78, 5) is 25.3. The zero-order chi connectivity index (χ0) is 12.4. The Balaban J connectivity index is 2.34. The van der Waals surface area contributed by atoms with E-state index >= 15 is 0 Å². The molecule has 88 valence electrons. The van der Waals surface area contributed by atoms with E-state index in [0.29, 0.717) is 10.2 Å². The number of nitrogen functional groups attached to an aromatic ring is 3. The fourth-order valence-electron chi connectivity index (χ4n) is 1.11. The minimum atomic E-state index is -0.338. The lowest BCUT2D eigenvalue weighted by atomic mass is 10.6. The molecule has 0 atom stereocenters. The van der Waals surface area contributed by atoms with E-state index in [2.05, 4.69) is 19.9 Å². The van der Waals surface area contributed by atoms with E-state index in [-0.39, 0.29) is 23.1 Å². The van der Waals surface area contributed by atoms with Gasteiger partial charge in [-0.2, -0.15) is 4.98 Å². The third kappa shape index (κ3) is 2.84. The van der Waals surface area contributed by atoms with Gasteiger partial charge < -0.3 is 22.2 Å². The Morgan fingerprint density at radius 3 is 2.41 bits per heavy atom. The molecule has 0 saturated heterocycles. The Kier molecular flexibility index (Phi) is 2.83. The Hall–Kier alpha value is -2.29. The summed E-state index contributed by atoms with van der Waals surface area (Å²) in [6.45, 7) is 0. The quantitative estimate of drug-likeness (QED) is 0.410. The molecule has 0 bridgehead atoms. The van der Waals surface area contributed by atoms with Gasteiger partial charge in [0.1, 0.15) is 16.7 Å². The Bertz CT molecular complexity index is 591. The summed E-state index contributed by atoms with van der Waals surface area (Å²) in [7, 11) is 0. The SMILES string of the molecule is Nc1cc(Sc2nc(N)cc(=O)[nH]2)nc(N)n1. The second-order valence-electron chi connectivity index (χ2n) is 3.07. The van der Waals surface area contributed by atoms with Gasteiger partial charge in [-0.3, -0.25) is 4.79 Å². The van der Waals surface area contributed by atoms with Crippen molar-refractivity contribution in [3.05, 3.63) is 22.5 Å². The summed E-state index contributed by atoms with van der Waals surface area (Å²) in [6, 6.07) is 2.71. The van der Waals surface area contributed by atoms with Crippen LogP contribution < -0.4 is 22.8 Å². The molecule has 2 rings (SSSR count). The molecule has 2 aromatic heterocycles. The summed E-state index contributed by atoms with van der Waals surface area (Å²) in [5.41, 5.74) is 16.1. The first-order chi connectivity index (χ1) is 8.02. The van der Waals surface area contributed by atoms with E-state index in [1.165, 1.54) is 12.1 Å². The fraction of sp³-hybridized carbons (Fsp3) is 0. The van der Waals surface area contributed by atoms with Gasteiger partial charge in [0.15, 0.2) is 5.16 Å². The van der Waals surface area contributed by atoms with Gasteiger partial charge in [0.05, 0.1) is 0 Å². The lowest BCUT2D eigenvalue weighted by Crippen LogP contribution is -2.09. The summed E-state index contributed by atoms with van der Waals surface area (Å²) in [5.74, 6) is 0.427. The number of anilines is 3. The van der Waals surface area contributed by atoms with Crippen LogP contribution in [-0.4, -0.2) is 19.9 Å². The third-order valence-electron chi connectivity index (χ3n) is 1.68. The predicted molar refractivity (Wildman–Crippen MR) is 64.2 cm³/mol. The van der Waals surface area contributed by atoms with Gasteiger partial charge in [0, 0.05) is 12.1 Å². The Labute approximate surface area is 99.7 Å². The van der Waals surface area contributed by atoms with Crippen LogP contribution in [0, 0.1) is 0 Å². The molecular formula is C8H9N7OS. The maximum Gasteiger partial charge on any atom is 0.253 e. The van der Waals surface area contributed by atoms with Gasteiger partial charge in [0.2, 0.25) is 5.95 Å². The summed E-state index contributed by atoms with van der Waals surface area (Å²) < 4.78 is 0. The zero-order valence-electron chi connectivity index (χ0n) is 8.54. The third-order valence-corrected chi connectivity index (χ3v) is 2.49. The molecule has 0 fully saturated rings. The first-order valence-electron chi connectivity index (χ1n) is 4.47. The lowest BCUT2D eigenvalue weighted by Gasteiger charge is -2.02. The standard InChI is InChI=1S/C8H9N7OS/c9-3-1-5(16)14-8(13-3)17-6-2-4(10)12-7(11)15-6/h1-2H,(H3,9,13,14,16)(H4,10,11,12,15). The molecule has 9 heteroatoms. The van der Waals surface area contributed by atoms with Crippen LogP contribution in [0.3, 0.4) is 0 Å². The molecule has 0 unspecified atom stereocenters. The van der Waals surface area contributed by atoms with Crippen LogP contribution in [0.25, 0.3) is 0 Å². The molecule has 0 amide bonds. The molecule has 0 aromatic carbocycles. The Morgan fingerprint density at radius 2 is 1.76 bits per heavy atom. The predicted octanol–water partition coefficient (Wildman–Crippen LogP) is -0.542. The van der Waals surface area contributed by atoms with Crippen molar-refractivity contribution in [2.75, 3.05) is 17.2 Å². The topological polar surface area (TPSA) is 150 Å². The van der Waals surface area contributed by atoms with Crippen LogP contribution in [0.1, 0.15) is 0 Å². The van der Waals surface area contributed by atoms with Gasteiger partial charge in [-0.05, 0) is 11.8 Å². The minimum absolute atomic E-state index is 0.0544. The molecule has 0 aliphatic rings. The maximum absolute atomic E-state index is 11.2. The highest BCUT2D eigenvalue weighted by Crippen LogP contribution is 2.23. The van der Waals surface area contributed by atoms with Crippen molar-refractivity contribution in [1.29, 1.82) is 0 Å². The molecule has 0 saturated carbocycles. The molecule has 0 radical (unpaired) electrons. The molecule has 8 nitrogen and oxygen atoms in total. The van der Waals surface area contributed by atoms with Gasteiger partial charge in [-0.15, -0.1) is 0 Å². The van der Waals surface area contributed by atoms with Crippen molar-refractivity contribution in [3.63, 3.8) is 0 Å². The van der Waals surface area contributed by atoms with E-state index in [0.717, 1.165) is 11.8 Å². The number of nitrogens with zero attached hydrogens (tertiary/aromatic N) is 3. The molecule has 2 aromatic rings. The van der Waals surface area contributed by atoms with Gasteiger partial charge in [-0.25, -0.2) is 9.97 Å². The monoisotopic (exact) mass is 251 g/mol. The number of nitrogens with two attached hydrogens (primary N) is 3. The number of aromatic nitrogens is 4. The van der Waals surface area contributed by atoms with Crippen molar-refractivity contribution in [3.8, 4) is 0 Å². The van der Waals surface area contributed by atoms with Crippen LogP contribution in [0.15, 0.2) is 27.1 Å². The minimum Gasteiger partial charge on any atom is -0.383 e. The van der Waals surface area contributed by atoms with E-state index in [1.54, 1.807) is 0 Å². The number of rotatable bonds is 2. The van der Waals surface area contributed by atoms with Crippen molar-refractivity contribution in [2.45, 2.75) is 10.2 Å². The first-order valence-corrected chi connectivity index (χ1v) is 5.29. The molecular weight excluding hydrogens is 242 g/mol. The molecule has 0 aliphatic heterocycles. The summed E-state index contributed by atoms with van der Waals surface area (Å²) in [5, 5.41) is 0.788. The average Bonchev–Trinajstić information content (AvgIpc) is 2.13. The lowest BCUT2D eigenvalue weighted by molar-refractivity contribution is 0.939. The summed E-state index contributed by atoms with van der Waals surface area (Å²) in [6.07, 6.45) is 0. The average molecular weight is 251 g/mol. The number of aromatic amines is 1. The first kappa shape index (κ1) is 11.2. The maximum atomic E-state index is 11.2. The van der Waals surface area contributed by atoms with Crippen LogP contribution in [0.5, 0.6) is 0 Å². The normalized spacial score (nSPS) is 10.4. The molecule has 0 spiro atoms. The van der Waals surface area contributed by atoms with Crippen LogP contribution in [0.2, 0.25) is 0 Å². The second kappa shape index (κ2) is 4.29. The van der Waals surface area contributed by atoms with Crippen molar-refractivity contribution in [1.82, 2.24) is 19.9 Å². The van der Waals surface area contributed by atoms with Crippen molar-refractivity contribution in [2.24, 2.45) is 0 Å². The van der Waals surface area contributed by atoms with Gasteiger partial charge in [0.25, 0.3) is 5.56 Å². The largest absolute Gasteiger partial charge is 0.383 e.